The van der Waals surface area contributed by atoms with Gasteiger partial charge in [0.05, 0.1) is 6.61 Å². The van der Waals surface area contributed by atoms with E-state index in [9.17, 15) is 19.2 Å². The molecule has 0 radical (unpaired) electrons. The van der Waals surface area contributed by atoms with Crippen molar-refractivity contribution in [3.05, 3.63) is 63.2 Å². The van der Waals surface area contributed by atoms with E-state index in [1.54, 1.807) is 12.1 Å². The van der Waals surface area contributed by atoms with Crippen LogP contribution in [0.4, 0.5) is 5.69 Å². The van der Waals surface area contributed by atoms with E-state index in [0.29, 0.717) is 48.2 Å². The number of halogens is 2. The smallest absolute Gasteiger partial charge is 0.255 e. The Bertz CT molecular complexity index is 1330. The summed E-state index contributed by atoms with van der Waals surface area (Å²) in [6.45, 7) is 4.50. The van der Waals surface area contributed by atoms with E-state index in [0.717, 1.165) is 41.9 Å². The number of carbonyl (C=O) groups is 4. The summed E-state index contributed by atoms with van der Waals surface area (Å²) in [5.74, 6) is -1.10. The van der Waals surface area contributed by atoms with Gasteiger partial charge in [0.15, 0.2) is 0 Å². The Morgan fingerprint density at radius 1 is 1.23 bits per heavy atom. The summed E-state index contributed by atoms with van der Waals surface area (Å²) in [6, 6.07) is 9.05. The van der Waals surface area contributed by atoms with Gasteiger partial charge < -0.3 is 15.0 Å². The molecule has 0 aliphatic carbocycles. The molecule has 0 bridgehead atoms. The molecule has 3 heterocycles. The minimum Gasteiger partial charge on any atom is -0.380 e. The summed E-state index contributed by atoms with van der Waals surface area (Å²) in [6.07, 6.45) is 2.24. The third-order valence-electron chi connectivity index (χ3n) is 7.59. The second-order valence-corrected chi connectivity index (χ2v) is 11.9. The van der Waals surface area contributed by atoms with Crippen LogP contribution >= 0.6 is 34.5 Å². The van der Waals surface area contributed by atoms with E-state index in [1.165, 1.54) is 4.90 Å². The standard InChI is InChI=1S/C28H30ClIN4O5/c1-16-19(14-34(30)21-8-9-39-15-21)11-20(12-23(16)29)31-25(35)6-3-17-2-4-18-13-33(28(38)22(18)10-17)24-5-7-26(36)32-27(24)37/h2,4,10-12,21,24H,3,5-9,13-15H2,1H3,(H,31,35)(H,32,36,37). The predicted octanol–water partition coefficient (Wildman–Crippen LogP) is 3.92. The third kappa shape index (κ3) is 6.29. The van der Waals surface area contributed by atoms with Crippen LogP contribution in [0, 0.1) is 6.92 Å². The lowest BCUT2D eigenvalue weighted by atomic mass is 10.0. The number of piperidine rings is 1. The van der Waals surface area contributed by atoms with Gasteiger partial charge in [-0.1, -0.05) is 23.7 Å². The Labute approximate surface area is 246 Å². The Kier molecular flexibility index (Phi) is 8.55. The van der Waals surface area contributed by atoms with Crippen LogP contribution in [0.1, 0.15) is 58.3 Å². The number of hydrogen-bond donors (Lipinski definition) is 2. The second kappa shape index (κ2) is 11.9. The van der Waals surface area contributed by atoms with Crippen LogP contribution in [0.3, 0.4) is 0 Å². The molecule has 3 aliphatic heterocycles. The normalized spacial score (nSPS) is 20.9. The number of carbonyl (C=O) groups excluding carboxylic acids is 4. The summed E-state index contributed by atoms with van der Waals surface area (Å²) < 4.78 is 7.73. The molecule has 9 nitrogen and oxygen atoms in total. The number of nitrogens with one attached hydrogen (secondary N) is 2. The molecule has 2 saturated heterocycles. The van der Waals surface area contributed by atoms with Crippen molar-refractivity contribution in [3.63, 3.8) is 0 Å². The first-order valence-electron chi connectivity index (χ1n) is 13.0. The SMILES string of the molecule is Cc1c(Cl)cc(NC(=O)CCc2ccc3c(c2)C(=O)N(C2CCC(=O)NC2=O)C3)cc1CN(I)C1CCOC1. The minimum atomic E-state index is -0.645. The van der Waals surface area contributed by atoms with E-state index in [2.05, 4.69) is 36.6 Å². The molecule has 2 N–H and O–H groups in total. The van der Waals surface area contributed by atoms with Gasteiger partial charge in [-0.25, -0.2) is 3.11 Å². The van der Waals surface area contributed by atoms with Gasteiger partial charge in [0.1, 0.15) is 6.04 Å². The molecule has 2 aromatic rings. The maximum absolute atomic E-state index is 13.1. The van der Waals surface area contributed by atoms with Gasteiger partial charge in [0.25, 0.3) is 5.91 Å². The average molecular weight is 665 g/mol. The van der Waals surface area contributed by atoms with Crippen LogP contribution in [-0.2, 0) is 38.6 Å². The molecule has 2 fully saturated rings. The van der Waals surface area contributed by atoms with E-state index in [1.807, 2.05) is 25.1 Å². The van der Waals surface area contributed by atoms with Crippen molar-refractivity contribution in [2.45, 2.75) is 64.2 Å². The van der Waals surface area contributed by atoms with Gasteiger partial charge in [-0.3, -0.25) is 24.5 Å². The average Bonchev–Trinajstić information content (AvgIpc) is 3.55. The molecule has 11 heteroatoms. The van der Waals surface area contributed by atoms with Crippen molar-refractivity contribution in [1.82, 2.24) is 13.3 Å². The van der Waals surface area contributed by atoms with Crippen molar-refractivity contribution < 1.29 is 23.9 Å². The summed E-state index contributed by atoms with van der Waals surface area (Å²) in [5, 5.41) is 5.89. The summed E-state index contributed by atoms with van der Waals surface area (Å²) in [4.78, 5) is 51.2. The van der Waals surface area contributed by atoms with Crippen molar-refractivity contribution >= 4 is 63.8 Å². The molecule has 4 amide bonds. The maximum Gasteiger partial charge on any atom is 0.255 e. The van der Waals surface area contributed by atoms with E-state index in [-0.39, 0.29) is 30.6 Å². The van der Waals surface area contributed by atoms with Crippen molar-refractivity contribution in [1.29, 1.82) is 0 Å². The molecule has 5 rings (SSSR count). The molecular weight excluding hydrogens is 635 g/mol. The Hall–Kier alpha value is -2.54. The number of rotatable bonds is 8. The van der Waals surface area contributed by atoms with Gasteiger partial charge in [0.2, 0.25) is 17.7 Å². The summed E-state index contributed by atoms with van der Waals surface area (Å²) >= 11 is 8.82. The highest BCUT2D eigenvalue weighted by Crippen LogP contribution is 2.30. The molecule has 0 saturated carbocycles. The number of ether oxygens (including phenoxy) is 1. The molecule has 2 atom stereocenters. The number of amides is 4. The number of hydrogen-bond acceptors (Lipinski definition) is 6. The Morgan fingerprint density at radius 3 is 2.79 bits per heavy atom. The molecule has 2 unspecified atom stereocenters. The zero-order valence-electron chi connectivity index (χ0n) is 21.6. The highest BCUT2D eigenvalue weighted by Gasteiger charge is 2.39. The van der Waals surface area contributed by atoms with Crippen LogP contribution in [0.2, 0.25) is 5.02 Å². The number of benzene rings is 2. The van der Waals surface area contributed by atoms with Gasteiger partial charge in [-0.15, -0.1) is 0 Å². The van der Waals surface area contributed by atoms with Gasteiger partial charge in [-0.05, 0) is 66.6 Å². The van der Waals surface area contributed by atoms with Crippen LogP contribution in [-0.4, -0.2) is 56.9 Å². The minimum absolute atomic E-state index is 0.145. The monoisotopic (exact) mass is 664 g/mol. The maximum atomic E-state index is 13.1. The lowest BCUT2D eigenvalue weighted by Crippen LogP contribution is -2.52. The fraction of sp³-hybridized carbons (Fsp3) is 0.429. The van der Waals surface area contributed by atoms with Crippen LogP contribution in [0.5, 0.6) is 0 Å². The van der Waals surface area contributed by atoms with Crippen LogP contribution < -0.4 is 10.6 Å². The quantitative estimate of drug-likeness (QED) is 0.252. The van der Waals surface area contributed by atoms with Gasteiger partial charge in [-0.2, -0.15) is 0 Å². The second-order valence-electron chi connectivity index (χ2n) is 10.3. The molecule has 206 valence electrons. The summed E-state index contributed by atoms with van der Waals surface area (Å²) in [7, 11) is 0. The Balaban J connectivity index is 1.19. The highest BCUT2D eigenvalue weighted by atomic mass is 127. The van der Waals surface area contributed by atoms with Crippen molar-refractivity contribution in [2.75, 3.05) is 18.5 Å². The van der Waals surface area contributed by atoms with Crippen molar-refractivity contribution in [3.8, 4) is 0 Å². The van der Waals surface area contributed by atoms with Crippen LogP contribution in [0.25, 0.3) is 0 Å². The molecule has 39 heavy (non-hydrogen) atoms. The highest BCUT2D eigenvalue weighted by molar-refractivity contribution is 14.1. The van der Waals surface area contributed by atoms with E-state index in [4.69, 9.17) is 16.3 Å². The molecule has 2 aromatic carbocycles. The van der Waals surface area contributed by atoms with Gasteiger partial charge in [0, 0.05) is 77.7 Å². The molecular formula is C28H30ClIN4O5. The number of fused-ring (bicyclic) bond motifs is 1. The summed E-state index contributed by atoms with van der Waals surface area (Å²) in [5.41, 5.74) is 4.95. The number of anilines is 1. The predicted molar refractivity (Wildman–Crippen MR) is 154 cm³/mol. The zero-order valence-corrected chi connectivity index (χ0v) is 24.5. The van der Waals surface area contributed by atoms with E-state index >= 15 is 0 Å². The number of nitrogens with zero attached hydrogens (tertiary/aromatic N) is 2. The van der Waals surface area contributed by atoms with Crippen LogP contribution in [0.15, 0.2) is 30.3 Å². The largest absolute Gasteiger partial charge is 0.380 e. The molecule has 0 spiro atoms. The van der Waals surface area contributed by atoms with Crippen molar-refractivity contribution in [2.24, 2.45) is 0 Å². The first kappa shape index (κ1) is 28.0. The molecule has 3 aliphatic rings. The lowest BCUT2D eigenvalue weighted by molar-refractivity contribution is -0.137. The lowest BCUT2D eigenvalue weighted by Gasteiger charge is -2.29. The van der Waals surface area contributed by atoms with Gasteiger partial charge >= 0.3 is 0 Å². The Morgan fingerprint density at radius 2 is 2.05 bits per heavy atom. The number of imide groups is 1. The fourth-order valence-electron chi connectivity index (χ4n) is 5.25. The zero-order chi connectivity index (χ0) is 27.7. The molecule has 0 aromatic heterocycles. The first-order valence-corrected chi connectivity index (χ1v) is 14.4. The third-order valence-corrected chi connectivity index (χ3v) is 9.11. The topological polar surface area (TPSA) is 108 Å². The van der Waals surface area contributed by atoms with E-state index < -0.39 is 11.9 Å². The number of aryl methyl sites for hydroxylation is 1. The fourth-order valence-corrected chi connectivity index (χ4v) is 6.29. The first-order chi connectivity index (χ1) is 18.7.